The lowest BCUT2D eigenvalue weighted by Crippen LogP contribution is -2.20. The quantitative estimate of drug-likeness (QED) is 0.839. The van der Waals surface area contributed by atoms with Crippen molar-refractivity contribution in [3.05, 3.63) is 57.6 Å². The van der Waals surface area contributed by atoms with Gasteiger partial charge in [0, 0.05) is 22.1 Å². The van der Waals surface area contributed by atoms with Crippen LogP contribution in [0.1, 0.15) is 35.6 Å². The summed E-state index contributed by atoms with van der Waals surface area (Å²) < 4.78 is 6.86. The Morgan fingerprint density at radius 3 is 2.90 bits per heavy atom. The molecule has 0 fully saturated rings. The van der Waals surface area contributed by atoms with E-state index in [0.29, 0.717) is 6.04 Å². The fraction of sp³-hybridized carbons (Fsp3) is 0.333. The summed E-state index contributed by atoms with van der Waals surface area (Å²) in [7, 11) is 0. The van der Waals surface area contributed by atoms with Gasteiger partial charge in [-0.15, -0.1) is 0 Å². The molecule has 1 aliphatic carbocycles. The predicted octanol–water partition coefficient (Wildman–Crippen LogP) is 4.87. The van der Waals surface area contributed by atoms with Gasteiger partial charge in [0.2, 0.25) is 0 Å². The second kappa shape index (κ2) is 5.38. The van der Waals surface area contributed by atoms with E-state index in [1.807, 2.05) is 6.07 Å². The third-order valence-corrected chi connectivity index (χ3v) is 4.94. The van der Waals surface area contributed by atoms with Gasteiger partial charge in [-0.2, -0.15) is 0 Å². The molecule has 1 atom stereocenters. The Morgan fingerprint density at radius 1 is 1.05 bits per heavy atom. The van der Waals surface area contributed by atoms with Crippen LogP contribution in [0.5, 0.6) is 5.75 Å². The molecule has 108 valence electrons. The maximum Gasteiger partial charge on any atom is 0.124 e. The molecule has 2 nitrogen and oxygen atoms in total. The van der Waals surface area contributed by atoms with Crippen LogP contribution in [0.15, 0.2) is 40.9 Å². The third-order valence-electron chi connectivity index (χ3n) is 4.45. The monoisotopic (exact) mass is 343 g/mol. The van der Waals surface area contributed by atoms with Crippen LogP contribution in [0.2, 0.25) is 0 Å². The minimum Gasteiger partial charge on any atom is -0.493 e. The van der Waals surface area contributed by atoms with Gasteiger partial charge in [0.05, 0.1) is 12.6 Å². The van der Waals surface area contributed by atoms with Crippen molar-refractivity contribution in [3.8, 4) is 5.75 Å². The first-order chi connectivity index (χ1) is 10.3. The zero-order chi connectivity index (χ0) is 14.2. The molecule has 1 aliphatic heterocycles. The maximum absolute atomic E-state index is 5.76. The van der Waals surface area contributed by atoms with E-state index in [1.54, 1.807) is 0 Å². The van der Waals surface area contributed by atoms with Crippen molar-refractivity contribution in [3.63, 3.8) is 0 Å². The van der Waals surface area contributed by atoms with Gasteiger partial charge in [-0.05, 0) is 60.7 Å². The van der Waals surface area contributed by atoms with Gasteiger partial charge < -0.3 is 10.1 Å². The van der Waals surface area contributed by atoms with Crippen LogP contribution in [-0.4, -0.2) is 6.61 Å². The van der Waals surface area contributed by atoms with Crippen molar-refractivity contribution in [2.45, 2.75) is 31.7 Å². The molecule has 0 spiro atoms. The first-order valence-electron chi connectivity index (χ1n) is 7.60. The van der Waals surface area contributed by atoms with Gasteiger partial charge in [0.15, 0.2) is 0 Å². The number of aryl methyl sites for hydroxylation is 2. The number of anilines is 1. The van der Waals surface area contributed by atoms with Crippen molar-refractivity contribution in [2.24, 2.45) is 0 Å². The van der Waals surface area contributed by atoms with Gasteiger partial charge >= 0.3 is 0 Å². The zero-order valence-electron chi connectivity index (χ0n) is 11.9. The normalized spacial score (nSPS) is 19.6. The van der Waals surface area contributed by atoms with Crippen LogP contribution in [-0.2, 0) is 12.8 Å². The Hall–Kier alpha value is -1.48. The summed E-state index contributed by atoms with van der Waals surface area (Å²) in [6.07, 6.45) is 4.76. The summed E-state index contributed by atoms with van der Waals surface area (Å²) in [5.74, 6) is 1.00. The summed E-state index contributed by atoms with van der Waals surface area (Å²) in [5.41, 5.74) is 5.52. The molecule has 0 amide bonds. The van der Waals surface area contributed by atoms with Gasteiger partial charge in [-0.3, -0.25) is 0 Å². The number of benzene rings is 2. The van der Waals surface area contributed by atoms with E-state index >= 15 is 0 Å². The van der Waals surface area contributed by atoms with Gasteiger partial charge in [0.1, 0.15) is 5.75 Å². The minimum atomic E-state index is 0.325. The summed E-state index contributed by atoms with van der Waals surface area (Å²) >= 11 is 3.56. The van der Waals surface area contributed by atoms with E-state index in [1.165, 1.54) is 41.6 Å². The summed E-state index contributed by atoms with van der Waals surface area (Å²) in [6, 6.07) is 13.4. The van der Waals surface area contributed by atoms with E-state index < -0.39 is 0 Å². The highest BCUT2D eigenvalue weighted by molar-refractivity contribution is 9.10. The molecule has 21 heavy (non-hydrogen) atoms. The van der Waals surface area contributed by atoms with Crippen molar-refractivity contribution < 1.29 is 4.74 Å². The standard InChI is InChI=1S/C18H18BrNO/c19-14-5-7-18-16(11-14)17(8-9-21-18)20-15-6-4-12-2-1-3-13(12)10-15/h4-7,10-11,17,20H,1-3,8-9H2. The van der Waals surface area contributed by atoms with Gasteiger partial charge in [-0.1, -0.05) is 22.0 Å². The van der Waals surface area contributed by atoms with E-state index in [9.17, 15) is 0 Å². The molecule has 2 aliphatic rings. The summed E-state index contributed by atoms with van der Waals surface area (Å²) in [5, 5.41) is 3.69. The Labute approximate surface area is 133 Å². The smallest absolute Gasteiger partial charge is 0.124 e. The van der Waals surface area contributed by atoms with Gasteiger partial charge in [0.25, 0.3) is 0 Å². The molecule has 0 saturated carbocycles. The summed E-state index contributed by atoms with van der Waals surface area (Å²) in [6.45, 7) is 0.775. The van der Waals surface area contributed by atoms with Crippen molar-refractivity contribution in [1.82, 2.24) is 0 Å². The second-order valence-electron chi connectivity index (χ2n) is 5.85. The van der Waals surface area contributed by atoms with E-state index in [0.717, 1.165) is 23.2 Å². The molecule has 2 aromatic rings. The van der Waals surface area contributed by atoms with Crippen LogP contribution in [0.25, 0.3) is 0 Å². The SMILES string of the molecule is Brc1ccc2c(c1)C(Nc1ccc3c(c1)CCC3)CCO2. The average molecular weight is 344 g/mol. The van der Waals surface area contributed by atoms with Crippen LogP contribution < -0.4 is 10.1 Å². The third kappa shape index (κ3) is 2.55. The van der Waals surface area contributed by atoms with E-state index in [2.05, 4.69) is 51.6 Å². The van der Waals surface area contributed by atoms with Crippen LogP contribution in [0.3, 0.4) is 0 Å². The minimum absolute atomic E-state index is 0.325. The molecular formula is C18H18BrNO. The van der Waals surface area contributed by atoms with Crippen molar-refractivity contribution in [2.75, 3.05) is 11.9 Å². The molecule has 2 aromatic carbocycles. The first kappa shape index (κ1) is 13.2. The molecular weight excluding hydrogens is 326 g/mol. The molecule has 0 saturated heterocycles. The topological polar surface area (TPSA) is 21.3 Å². The number of hydrogen-bond donors (Lipinski definition) is 1. The predicted molar refractivity (Wildman–Crippen MR) is 89.1 cm³/mol. The van der Waals surface area contributed by atoms with Crippen LogP contribution >= 0.6 is 15.9 Å². The molecule has 0 bridgehead atoms. The van der Waals surface area contributed by atoms with Gasteiger partial charge in [-0.25, -0.2) is 0 Å². The fourth-order valence-corrected chi connectivity index (χ4v) is 3.76. The Balaban J connectivity index is 1.62. The Bertz CT molecular complexity index is 683. The van der Waals surface area contributed by atoms with E-state index in [4.69, 9.17) is 4.74 Å². The largest absolute Gasteiger partial charge is 0.493 e. The van der Waals surface area contributed by atoms with E-state index in [-0.39, 0.29) is 0 Å². The number of fused-ring (bicyclic) bond motifs is 2. The fourth-order valence-electron chi connectivity index (χ4n) is 3.38. The Morgan fingerprint density at radius 2 is 1.95 bits per heavy atom. The highest BCUT2D eigenvalue weighted by atomic mass is 79.9. The van der Waals surface area contributed by atoms with Crippen molar-refractivity contribution in [1.29, 1.82) is 0 Å². The first-order valence-corrected chi connectivity index (χ1v) is 8.39. The van der Waals surface area contributed by atoms with Crippen LogP contribution in [0.4, 0.5) is 5.69 Å². The number of halogens is 1. The lowest BCUT2D eigenvalue weighted by molar-refractivity contribution is 0.274. The number of nitrogens with one attached hydrogen (secondary N) is 1. The highest BCUT2D eigenvalue weighted by Crippen LogP contribution is 2.36. The number of hydrogen-bond acceptors (Lipinski definition) is 2. The molecule has 1 heterocycles. The highest BCUT2D eigenvalue weighted by Gasteiger charge is 2.22. The molecule has 3 heteroatoms. The number of rotatable bonds is 2. The van der Waals surface area contributed by atoms with Crippen LogP contribution in [0, 0.1) is 0 Å². The number of ether oxygens (including phenoxy) is 1. The lowest BCUT2D eigenvalue weighted by atomic mass is 10.00. The lowest BCUT2D eigenvalue weighted by Gasteiger charge is -2.28. The molecule has 0 aromatic heterocycles. The molecule has 0 radical (unpaired) electrons. The Kier molecular flexibility index (Phi) is 3.38. The van der Waals surface area contributed by atoms with Crippen molar-refractivity contribution >= 4 is 21.6 Å². The average Bonchev–Trinajstić information content (AvgIpc) is 2.95. The summed E-state index contributed by atoms with van der Waals surface area (Å²) in [4.78, 5) is 0. The maximum atomic E-state index is 5.76. The molecule has 1 N–H and O–H groups in total. The molecule has 4 rings (SSSR count). The second-order valence-corrected chi connectivity index (χ2v) is 6.77. The zero-order valence-corrected chi connectivity index (χ0v) is 13.4. The molecule has 1 unspecified atom stereocenters.